The minimum atomic E-state index is -3.87. The van der Waals surface area contributed by atoms with Gasteiger partial charge in [-0.2, -0.15) is 0 Å². The first-order valence-electron chi connectivity index (χ1n) is 11.0. The van der Waals surface area contributed by atoms with Gasteiger partial charge in [0.25, 0.3) is 0 Å². The van der Waals surface area contributed by atoms with Gasteiger partial charge in [0.2, 0.25) is 11.8 Å². The molecular weight excluding hydrogens is 448 g/mol. The van der Waals surface area contributed by atoms with Gasteiger partial charge >= 0.3 is 0 Å². The van der Waals surface area contributed by atoms with E-state index in [9.17, 15) is 18.0 Å². The molecule has 4 rings (SSSR count). The molecule has 2 aromatic rings. The minimum Gasteiger partial charge on any atom is -0.341 e. The summed E-state index contributed by atoms with van der Waals surface area (Å²) in [7, 11) is -3.87. The first-order chi connectivity index (χ1) is 15.3. The molecule has 1 N–H and O–H groups in total. The third-order valence-electron chi connectivity index (χ3n) is 6.63. The van der Waals surface area contributed by atoms with Gasteiger partial charge in [0.1, 0.15) is 0 Å². The molecule has 2 amide bonds. The van der Waals surface area contributed by atoms with Crippen molar-refractivity contribution in [2.24, 2.45) is 5.92 Å². The summed E-state index contributed by atoms with van der Waals surface area (Å²) in [4.78, 5) is 28.0. The van der Waals surface area contributed by atoms with Crippen molar-refractivity contribution in [3.05, 3.63) is 59.6 Å². The summed E-state index contributed by atoms with van der Waals surface area (Å²) in [6.45, 7) is 0.757. The van der Waals surface area contributed by atoms with Gasteiger partial charge < -0.3 is 10.2 Å². The molecule has 1 saturated carbocycles. The standard InChI is InChI=1S/C24H27ClN2O4S/c25-19-8-10-21(11-9-19)32(30,31)24(14-4-5-15-24)23(29)27-16-12-18(13-17-27)22(28)26-20-6-2-1-3-7-20/h1-3,6-11,18H,4-5,12-17H2,(H,26,28). The summed E-state index contributed by atoms with van der Waals surface area (Å²) in [5.41, 5.74) is 0.745. The number of carbonyl (C=O) groups excluding carboxylic acids is 2. The summed E-state index contributed by atoms with van der Waals surface area (Å²) in [6.07, 6.45) is 3.09. The zero-order chi connectivity index (χ0) is 22.8. The Balaban J connectivity index is 1.47. The zero-order valence-electron chi connectivity index (χ0n) is 17.8. The topological polar surface area (TPSA) is 83.6 Å². The fourth-order valence-electron chi connectivity index (χ4n) is 4.78. The molecule has 32 heavy (non-hydrogen) atoms. The maximum atomic E-state index is 13.6. The van der Waals surface area contributed by atoms with Gasteiger partial charge in [-0.3, -0.25) is 9.59 Å². The summed E-state index contributed by atoms with van der Waals surface area (Å²) in [5, 5.41) is 3.37. The molecule has 2 aliphatic rings. The molecule has 1 aliphatic heterocycles. The number of para-hydroxylation sites is 1. The molecular formula is C24H27ClN2O4S. The number of hydrogen-bond donors (Lipinski definition) is 1. The lowest BCUT2D eigenvalue weighted by atomic mass is 9.94. The van der Waals surface area contributed by atoms with E-state index in [1.54, 1.807) is 17.0 Å². The number of rotatable bonds is 5. The van der Waals surface area contributed by atoms with Crippen molar-refractivity contribution >= 4 is 38.9 Å². The van der Waals surface area contributed by atoms with Crippen LogP contribution in [0, 0.1) is 5.92 Å². The van der Waals surface area contributed by atoms with Crippen molar-refractivity contribution < 1.29 is 18.0 Å². The van der Waals surface area contributed by atoms with Crippen molar-refractivity contribution in [1.29, 1.82) is 0 Å². The Morgan fingerprint density at radius 3 is 2.12 bits per heavy atom. The zero-order valence-corrected chi connectivity index (χ0v) is 19.4. The summed E-state index contributed by atoms with van der Waals surface area (Å²) in [5.74, 6) is -0.591. The number of nitrogens with zero attached hydrogens (tertiary/aromatic N) is 1. The molecule has 0 unspecified atom stereocenters. The van der Waals surface area contributed by atoms with Crippen LogP contribution in [-0.4, -0.2) is 43.0 Å². The first kappa shape index (κ1) is 22.8. The molecule has 1 saturated heterocycles. The Bertz CT molecular complexity index is 1070. The van der Waals surface area contributed by atoms with Gasteiger partial charge in [0.15, 0.2) is 14.6 Å². The lowest BCUT2D eigenvalue weighted by Gasteiger charge is -2.37. The van der Waals surface area contributed by atoms with E-state index in [1.807, 2.05) is 30.3 Å². The number of amides is 2. The number of likely N-dealkylation sites (tertiary alicyclic amines) is 1. The first-order valence-corrected chi connectivity index (χ1v) is 12.9. The molecule has 1 aliphatic carbocycles. The van der Waals surface area contributed by atoms with Crippen molar-refractivity contribution in [2.45, 2.75) is 48.2 Å². The van der Waals surface area contributed by atoms with E-state index in [0.29, 0.717) is 56.6 Å². The third-order valence-corrected chi connectivity index (χ3v) is 9.39. The molecule has 0 radical (unpaired) electrons. The van der Waals surface area contributed by atoms with E-state index in [-0.39, 0.29) is 22.6 Å². The molecule has 170 valence electrons. The Kier molecular flexibility index (Phi) is 6.58. The molecule has 0 atom stereocenters. The number of halogens is 1. The van der Waals surface area contributed by atoms with E-state index < -0.39 is 14.6 Å². The minimum absolute atomic E-state index is 0.0623. The van der Waals surface area contributed by atoms with Crippen LogP contribution in [0.25, 0.3) is 0 Å². The highest BCUT2D eigenvalue weighted by atomic mass is 35.5. The Morgan fingerprint density at radius 2 is 1.53 bits per heavy atom. The largest absolute Gasteiger partial charge is 0.341 e. The quantitative estimate of drug-likeness (QED) is 0.700. The van der Waals surface area contributed by atoms with Crippen molar-refractivity contribution in [2.75, 3.05) is 18.4 Å². The lowest BCUT2D eigenvalue weighted by Crippen LogP contribution is -2.54. The van der Waals surface area contributed by atoms with E-state index in [1.165, 1.54) is 12.1 Å². The average Bonchev–Trinajstić information content (AvgIpc) is 3.32. The molecule has 8 heteroatoms. The van der Waals surface area contributed by atoms with Crippen LogP contribution in [-0.2, 0) is 19.4 Å². The number of hydrogen-bond acceptors (Lipinski definition) is 4. The van der Waals surface area contributed by atoms with Crippen LogP contribution in [0.5, 0.6) is 0 Å². The van der Waals surface area contributed by atoms with Crippen LogP contribution in [0.1, 0.15) is 38.5 Å². The fraction of sp³-hybridized carbons (Fsp3) is 0.417. The van der Waals surface area contributed by atoms with Crippen molar-refractivity contribution in [3.8, 4) is 0 Å². The second kappa shape index (κ2) is 9.24. The van der Waals surface area contributed by atoms with Gasteiger partial charge in [-0.25, -0.2) is 8.42 Å². The summed E-state index contributed by atoms with van der Waals surface area (Å²) < 4.78 is 25.7. The smallest absolute Gasteiger partial charge is 0.244 e. The van der Waals surface area contributed by atoms with E-state index in [0.717, 1.165) is 5.69 Å². The highest BCUT2D eigenvalue weighted by Crippen LogP contribution is 2.42. The predicted octanol–water partition coefficient (Wildman–Crippen LogP) is 4.30. The van der Waals surface area contributed by atoms with Crippen molar-refractivity contribution in [3.63, 3.8) is 0 Å². The maximum Gasteiger partial charge on any atom is 0.244 e. The van der Waals surface area contributed by atoms with Gasteiger partial charge in [-0.05, 0) is 62.1 Å². The number of nitrogens with one attached hydrogen (secondary N) is 1. The highest BCUT2D eigenvalue weighted by Gasteiger charge is 2.54. The second-order valence-electron chi connectivity index (χ2n) is 8.58. The van der Waals surface area contributed by atoms with Crippen LogP contribution in [0.4, 0.5) is 5.69 Å². The van der Waals surface area contributed by atoms with Crippen LogP contribution in [0.15, 0.2) is 59.5 Å². The van der Waals surface area contributed by atoms with E-state index >= 15 is 0 Å². The van der Waals surface area contributed by atoms with Gasteiger partial charge in [0.05, 0.1) is 4.90 Å². The molecule has 0 spiro atoms. The Hall–Kier alpha value is -2.38. The average molecular weight is 475 g/mol. The third kappa shape index (κ3) is 4.28. The van der Waals surface area contributed by atoms with Crippen LogP contribution in [0.2, 0.25) is 5.02 Å². The predicted molar refractivity (Wildman–Crippen MR) is 124 cm³/mol. The molecule has 2 fully saturated rings. The number of anilines is 1. The monoisotopic (exact) mass is 474 g/mol. The number of benzene rings is 2. The number of piperidine rings is 1. The van der Waals surface area contributed by atoms with Crippen LogP contribution < -0.4 is 5.32 Å². The summed E-state index contributed by atoms with van der Waals surface area (Å²) >= 11 is 5.93. The van der Waals surface area contributed by atoms with Gasteiger partial charge in [-0.1, -0.05) is 42.6 Å². The van der Waals surface area contributed by atoms with E-state index in [4.69, 9.17) is 11.6 Å². The molecule has 6 nitrogen and oxygen atoms in total. The second-order valence-corrected chi connectivity index (χ2v) is 11.3. The number of sulfone groups is 1. The van der Waals surface area contributed by atoms with Crippen LogP contribution in [0.3, 0.4) is 0 Å². The highest BCUT2D eigenvalue weighted by molar-refractivity contribution is 7.93. The molecule has 0 aromatic heterocycles. The van der Waals surface area contributed by atoms with Crippen molar-refractivity contribution in [1.82, 2.24) is 4.90 Å². The fourth-order valence-corrected chi connectivity index (χ4v) is 7.04. The molecule has 1 heterocycles. The Morgan fingerprint density at radius 1 is 0.938 bits per heavy atom. The molecule has 2 aromatic carbocycles. The Labute approximate surface area is 193 Å². The SMILES string of the molecule is O=C(Nc1ccccc1)C1CCN(C(=O)C2(S(=O)(=O)c3ccc(Cl)cc3)CCCC2)CC1. The van der Waals surface area contributed by atoms with E-state index in [2.05, 4.69) is 5.32 Å². The normalized spacial score (nSPS) is 19.0. The summed E-state index contributed by atoms with van der Waals surface area (Å²) in [6, 6.07) is 15.3. The maximum absolute atomic E-state index is 13.6. The van der Waals surface area contributed by atoms with Gasteiger partial charge in [0, 0.05) is 29.7 Å². The number of carbonyl (C=O) groups is 2. The van der Waals surface area contributed by atoms with Crippen LogP contribution >= 0.6 is 11.6 Å². The van der Waals surface area contributed by atoms with Gasteiger partial charge in [-0.15, -0.1) is 0 Å². The lowest BCUT2D eigenvalue weighted by molar-refractivity contribution is -0.136. The molecule has 0 bridgehead atoms.